The van der Waals surface area contributed by atoms with Crippen LogP contribution >= 0.6 is 0 Å². The summed E-state index contributed by atoms with van der Waals surface area (Å²) in [4.78, 5) is 15.1. The molecule has 1 saturated carbocycles. The lowest BCUT2D eigenvalue weighted by Gasteiger charge is -2.37. The first kappa shape index (κ1) is 14.8. The van der Waals surface area contributed by atoms with Gasteiger partial charge in [0, 0.05) is 24.9 Å². The van der Waals surface area contributed by atoms with E-state index in [2.05, 4.69) is 43.1 Å². The van der Waals surface area contributed by atoms with E-state index in [9.17, 15) is 4.79 Å². The summed E-state index contributed by atoms with van der Waals surface area (Å²) in [6.07, 6.45) is 4.34. The van der Waals surface area contributed by atoms with Gasteiger partial charge >= 0.3 is 0 Å². The zero-order chi connectivity index (χ0) is 15.0. The van der Waals surface area contributed by atoms with Gasteiger partial charge in [0.15, 0.2) is 0 Å². The number of benzene rings is 1. The molecule has 2 heteroatoms. The molecule has 0 aromatic heterocycles. The number of hydrogen-bond acceptors (Lipinski definition) is 2. The summed E-state index contributed by atoms with van der Waals surface area (Å²) in [5.74, 6) is 1.82. The fourth-order valence-corrected chi connectivity index (χ4v) is 4.51. The van der Waals surface area contributed by atoms with Gasteiger partial charge in [0.25, 0.3) is 0 Å². The third-order valence-corrected chi connectivity index (χ3v) is 5.64. The van der Waals surface area contributed by atoms with Crippen LogP contribution in [0.1, 0.15) is 49.7 Å². The Morgan fingerprint density at radius 1 is 1.24 bits per heavy atom. The molecule has 0 amide bonds. The lowest BCUT2D eigenvalue weighted by molar-refractivity contribution is -0.125. The monoisotopic (exact) mass is 285 g/mol. The zero-order valence-corrected chi connectivity index (χ0v) is 13.5. The summed E-state index contributed by atoms with van der Waals surface area (Å²) in [5.41, 5.74) is 2.67. The van der Waals surface area contributed by atoms with Gasteiger partial charge in [-0.05, 0) is 50.6 Å². The normalized spacial score (nSPS) is 32.9. The minimum Gasteiger partial charge on any atom is -0.302 e. The smallest absolute Gasteiger partial charge is 0.137 e. The van der Waals surface area contributed by atoms with E-state index in [-0.39, 0.29) is 5.92 Å². The molecule has 3 aliphatic rings. The Bertz CT molecular complexity index is 507. The number of aryl methyl sites for hydroxylation is 1. The second-order valence-electron chi connectivity index (χ2n) is 7.05. The molecule has 3 fully saturated rings. The van der Waals surface area contributed by atoms with E-state index in [0.717, 1.165) is 5.92 Å². The second-order valence-corrected chi connectivity index (χ2v) is 7.05. The summed E-state index contributed by atoms with van der Waals surface area (Å²) >= 11 is 0. The van der Waals surface area contributed by atoms with Crippen LogP contribution in [0.4, 0.5) is 0 Å². The average molecular weight is 285 g/mol. The van der Waals surface area contributed by atoms with Crippen molar-refractivity contribution in [2.24, 2.45) is 11.8 Å². The Balaban J connectivity index is 1.99. The highest BCUT2D eigenvalue weighted by molar-refractivity contribution is 5.82. The largest absolute Gasteiger partial charge is 0.302 e. The van der Waals surface area contributed by atoms with Crippen molar-refractivity contribution < 1.29 is 4.79 Å². The highest BCUT2D eigenvalue weighted by Gasteiger charge is 2.44. The molecule has 0 spiro atoms. The maximum absolute atomic E-state index is 12.7. The summed E-state index contributed by atoms with van der Waals surface area (Å²) < 4.78 is 0. The van der Waals surface area contributed by atoms with Crippen LogP contribution in [0.5, 0.6) is 0 Å². The molecule has 4 unspecified atom stereocenters. The van der Waals surface area contributed by atoms with Gasteiger partial charge in [0.2, 0.25) is 0 Å². The van der Waals surface area contributed by atoms with Crippen LogP contribution in [0.3, 0.4) is 0 Å². The third-order valence-electron chi connectivity index (χ3n) is 5.64. The maximum Gasteiger partial charge on any atom is 0.137 e. The fourth-order valence-electron chi connectivity index (χ4n) is 4.51. The number of fused-ring (bicyclic) bond motifs is 4. The predicted molar refractivity (Wildman–Crippen MR) is 86.5 cm³/mol. The van der Waals surface area contributed by atoms with Crippen LogP contribution in [-0.2, 0) is 4.79 Å². The standard InChI is InChI=1S/C19H27NO/c1-4-18(21)19-16(15-8-5-13(2)6-9-15)11-14-7-10-17(19)20(3)12-14/h5-6,8-9,14,16-17,19H,4,7,10-12H2,1-3H3. The highest BCUT2D eigenvalue weighted by Crippen LogP contribution is 2.45. The maximum atomic E-state index is 12.7. The lowest BCUT2D eigenvalue weighted by atomic mass is 9.77. The molecule has 114 valence electrons. The molecule has 21 heavy (non-hydrogen) atoms. The number of nitrogens with zero attached hydrogens (tertiary/aromatic N) is 1. The summed E-state index contributed by atoms with van der Waals surface area (Å²) in [5, 5.41) is 0. The molecule has 4 atom stereocenters. The minimum absolute atomic E-state index is 0.190. The number of Topliss-reactive ketones (excluding diaryl/α,β-unsaturated/α-hetero) is 1. The summed E-state index contributed by atoms with van der Waals surface area (Å²) in [6.45, 7) is 5.31. The van der Waals surface area contributed by atoms with Crippen LogP contribution < -0.4 is 0 Å². The first-order chi connectivity index (χ1) is 10.1. The van der Waals surface area contributed by atoms with Crippen LogP contribution in [0, 0.1) is 18.8 Å². The Morgan fingerprint density at radius 2 is 1.95 bits per heavy atom. The average Bonchev–Trinajstić information content (AvgIpc) is 2.74. The fraction of sp³-hybridized carbons (Fsp3) is 0.632. The van der Waals surface area contributed by atoms with Gasteiger partial charge in [-0.2, -0.15) is 0 Å². The Kier molecular flexibility index (Phi) is 4.17. The SMILES string of the molecule is CCC(=O)C1C(c2ccc(C)cc2)CC2CCC1N(C)C2. The molecular formula is C19H27NO. The van der Waals surface area contributed by atoms with Crippen molar-refractivity contribution in [1.82, 2.24) is 4.90 Å². The topological polar surface area (TPSA) is 20.3 Å². The highest BCUT2D eigenvalue weighted by atomic mass is 16.1. The molecule has 0 N–H and O–H groups in total. The van der Waals surface area contributed by atoms with Crippen molar-refractivity contribution in [2.75, 3.05) is 13.6 Å². The molecule has 2 nitrogen and oxygen atoms in total. The number of hydrogen-bond donors (Lipinski definition) is 0. The summed E-state index contributed by atoms with van der Waals surface area (Å²) in [7, 11) is 2.21. The van der Waals surface area contributed by atoms with Crippen LogP contribution in [0.15, 0.2) is 24.3 Å². The van der Waals surface area contributed by atoms with Crippen molar-refractivity contribution in [2.45, 2.75) is 51.5 Å². The zero-order valence-electron chi connectivity index (χ0n) is 13.5. The van der Waals surface area contributed by atoms with E-state index in [1.54, 1.807) is 0 Å². The van der Waals surface area contributed by atoms with E-state index < -0.39 is 0 Å². The van der Waals surface area contributed by atoms with E-state index in [1.807, 2.05) is 6.92 Å². The van der Waals surface area contributed by atoms with Crippen LogP contribution in [-0.4, -0.2) is 30.3 Å². The molecule has 1 aliphatic carbocycles. The molecule has 4 rings (SSSR count). The molecular weight excluding hydrogens is 258 g/mol. The molecule has 2 aliphatic heterocycles. The Labute approximate surface area is 128 Å². The molecule has 1 aromatic carbocycles. The van der Waals surface area contributed by atoms with E-state index in [1.165, 1.54) is 36.9 Å². The molecule has 0 radical (unpaired) electrons. The predicted octanol–water partition coefficient (Wildman–Crippen LogP) is 3.79. The van der Waals surface area contributed by atoms with Crippen molar-refractivity contribution in [3.8, 4) is 0 Å². The molecule has 2 heterocycles. The first-order valence-corrected chi connectivity index (χ1v) is 8.39. The van der Waals surface area contributed by atoms with Gasteiger partial charge in [0.05, 0.1) is 0 Å². The quantitative estimate of drug-likeness (QED) is 0.842. The van der Waals surface area contributed by atoms with E-state index >= 15 is 0 Å². The van der Waals surface area contributed by atoms with Crippen molar-refractivity contribution in [1.29, 1.82) is 0 Å². The van der Waals surface area contributed by atoms with Gasteiger partial charge < -0.3 is 4.90 Å². The van der Waals surface area contributed by atoms with Gasteiger partial charge in [0.1, 0.15) is 5.78 Å². The number of carbonyl (C=O) groups excluding carboxylic acids is 1. The molecule has 2 bridgehead atoms. The van der Waals surface area contributed by atoms with Crippen LogP contribution in [0.25, 0.3) is 0 Å². The number of rotatable bonds is 3. The second kappa shape index (κ2) is 5.92. The van der Waals surface area contributed by atoms with E-state index in [0.29, 0.717) is 24.2 Å². The minimum atomic E-state index is 0.190. The van der Waals surface area contributed by atoms with Gasteiger partial charge in [-0.3, -0.25) is 4.79 Å². The van der Waals surface area contributed by atoms with Crippen molar-refractivity contribution in [3.05, 3.63) is 35.4 Å². The van der Waals surface area contributed by atoms with Gasteiger partial charge in [-0.25, -0.2) is 0 Å². The lowest BCUT2D eigenvalue weighted by Crippen LogP contribution is -2.45. The van der Waals surface area contributed by atoms with Crippen LogP contribution in [0.2, 0.25) is 0 Å². The van der Waals surface area contributed by atoms with Gasteiger partial charge in [-0.15, -0.1) is 0 Å². The first-order valence-electron chi connectivity index (χ1n) is 8.39. The Morgan fingerprint density at radius 3 is 2.57 bits per heavy atom. The van der Waals surface area contributed by atoms with E-state index in [4.69, 9.17) is 0 Å². The Hall–Kier alpha value is -1.15. The summed E-state index contributed by atoms with van der Waals surface area (Å²) in [6, 6.07) is 9.34. The third kappa shape index (κ3) is 2.78. The van der Waals surface area contributed by atoms with Crippen molar-refractivity contribution >= 4 is 5.78 Å². The van der Waals surface area contributed by atoms with Gasteiger partial charge in [-0.1, -0.05) is 36.8 Å². The number of piperidine rings is 1. The number of carbonyl (C=O) groups is 1. The number of ketones is 1. The molecule has 2 saturated heterocycles. The van der Waals surface area contributed by atoms with Crippen molar-refractivity contribution in [3.63, 3.8) is 0 Å². The molecule has 1 aromatic rings.